The Kier molecular flexibility index (Phi) is 1.79. The van der Waals surface area contributed by atoms with E-state index in [0.717, 1.165) is 59.2 Å². The Labute approximate surface area is 100 Å². The third-order valence-electron chi connectivity index (χ3n) is 7.87. The molecule has 90 valence electrons. The lowest BCUT2D eigenvalue weighted by Gasteiger charge is -2.45. The van der Waals surface area contributed by atoms with Crippen molar-refractivity contribution in [1.29, 1.82) is 0 Å². The van der Waals surface area contributed by atoms with E-state index in [2.05, 4.69) is 27.7 Å². The van der Waals surface area contributed by atoms with Crippen LogP contribution in [-0.4, -0.2) is 0 Å². The molecule has 0 heteroatoms. The summed E-state index contributed by atoms with van der Waals surface area (Å²) in [4.78, 5) is 0. The summed E-state index contributed by atoms with van der Waals surface area (Å²) in [6.45, 7) is 10.2. The molecule has 0 saturated heterocycles. The van der Waals surface area contributed by atoms with E-state index >= 15 is 0 Å². The quantitative estimate of drug-likeness (QED) is 0.538. The van der Waals surface area contributed by atoms with E-state index in [1.165, 1.54) is 0 Å². The van der Waals surface area contributed by atoms with Crippen molar-refractivity contribution in [1.82, 2.24) is 0 Å². The third-order valence-corrected chi connectivity index (χ3v) is 7.87. The van der Waals surface area contributed by atoms with Crippen molar-refractivity contribution in [2.75, 3.05) is 0 Å². The molecule has 4 aliphatic carbocycles. The molecule has 0 spiro atoms. The third kappa shape index (κ3) is 0.875. The minimum Gasteiger partial charge on any atom is -0.0620 e. The van der Waals surface area contributed by atoms with Crippen molar-refractivity contribution >= 4 is 0 Å². The van der Waals surface area contributed by atoms with Crippen molar-refractivity contribution < 1.29 is 0 Å². The molecular formula is C16H26. The fourth-order valence-electron chi connectivity index (χ4n) is 6.85. The second-order valence-electron chi connectivity index (χ2n) is 7.72. The molecule has 0 heterocycles. The Morgan fingerprint density at radius 2 is 0.750 bits per heavy atom. The minimum absolute atomic E-state index is 1.04. The summed E-state index contributed by atoms with van der Waals surface area (Å²) in [7, 11) is 0. The van der Waals surface area contributed by atoms with E-state index < -0.39 is 0 Å². The summed E-state index contributed by atoms with van der Waals surface area (Å²) in [6, 6.07) is 0. The van der Waals surface area contributed by atoms with Crippen LogP contribution in [-0.2, 0) is 0 Å². The van der Waals surface area contributed by atoms with E-state index in [0.29, 0.717) is 0 Å². The molecule has 4 fully saturated rings. The number of fused-ring (bicyclic) bond motifs is 9. The normalized spacial score (nSPS) is 71.2. The molecule has 16 heavy (non-hydrogen) atoms. The summed E-state index contributed by atoms with van der Waals surface area (Å²) in [5.74, 6) is 10.9. The van der Waals surface area contributed by atoms with E-state index in [-0.39, 0.29) is 0 Å². The average Bonchev–Trinajstić information content (AvgIpc) is 2.92. The Hall–Kier alpha value is 0. The highest BCUT2D eigenvalue weighted by Crippen LogP contribution is 2.72. The van der Waals surface area contributed by atoms with Gasteiger partial charge in [-0.25, -0.2) is 0 Å². The van der Waals surface area contributed by atoms with Crippen LogP contribution in [0.25, 0.3) is 0 Å². The van der Waals surface area contributed by atoms with Gasteiger partial charge in [0, 0.05) is 0 Å². The molecule has 0 aliphatic heterocycles. The molecule has 0 aromatic rings. The predicted molar refractivity (Wildman–Crippen MR) is 66.8 cm³/mol. The zero-order valence-corrected chi connectivity index (χ0v) is 11.2. The van der Waals surface area contributed by atoms with Gasteiger partial charge in [0.1, 0.15) is 0 Å². The van der Waals surface area contributed by atoms with E-state index in [1.807, 2.05) is 0 Å². The lowest BCUT2D eigenvalue weighted by Crippen LogP contribution is -2.41. The van der Waals surface area contributed by atoms with Crippen LogP contribution in [0.5, 0.6) is 0 Å². The van der Waals surface area contributed by atoms with E-state index in [9.17, 15) is 0 Å². The molecule has 0 aromatic heterocycles. The van der Waals surface area contributed by atoms with Crippen LogP contribution >= 0.6 is 0 Å². The number of hydrogen-bond donors (Lipinski definition) is 0. The molecule has 4 rings (SSSR count). The van der Waals surface area contributed by atoms with Crippen LogP contribution in [0.4, 0.5) is 0 Å². The largest absolute Gasteiger partial charge is 0.0620 e. The average molecular weight is 218 g/mol. The second-order valence-corrected chi connectivity index (χ2v) is 7.72. The molecule has 8 atom stereocenters. The van der Waals surface area contributed by atoms with Gasteiger partial charge in [-0.2, -0.15) is 0 Å². The number of rotatable bonds is 0. The Bertz CT molecular complexity index is 260. The standard InChI is InChI=1S/C16H26/c1-7-8(2)12-5-11(7)15-13-6-14(16(12)15)10(4)9(13)3/h7-16H,5-6H2,1-4H3. The fraction of sp³-hybridized carbons (Fsp3) is 1.00. The van der Waals surface area contributed by atoms with Gasteiger partial charge in [0.05, 0.1) is 0 Å². The summed E-state index contributed by atoms with van der Waals surface area (Å²) in [6.07, 6.45) is 3.20. The minimum atomic E-state index is 1.04. The molecule has 8 unspecified atom stereocenters. The van der Waals surface area contributed by atoms with Gasteiger partial charge in [-0.3, -0.25) is 0 Å². The summed E-state index contributed by atoms with van der Waals surface area (Å²) < 4.78 is 0. The van der Waals surface area contributed by atoms with Gasteiger partial charge >= 0.3 is 0 Å². The first-order valence-corrected chi connectivity index (χ1v) is 7.61. The predicted octanol–water partition coefficient (Wildman–Crippen LogP) is 4.06. The van der Waals surface area contributed by atoms with E-state index in [4.69, 9.17) is 0 Å². The van der Waals surface area contributed by atoms with Crippen LogP contribution in [0.15, 0.2) is 0 Å². The lowest BCUT2D eigenvalue weighted by molar-refractivity contribution is 0.0239. The van der Waals surface area contributed by atoms with Crippen molar-refractivity contribution in [3.05, 3.63) is 0 Å². The van der Waals surface area contributed by atoms with Gasteiger partial charge in [-0.1, -0.05) is 27.7 Å². The first-order chi connectivity index (χ1) is 7.61. The molecule has 0 radical (unpaired) electrons. The van der Waals surface area contributed by atoms with Crippen LogP contribution < -0.4 is 0 Å². The molecule has 4 saturated carbocycles. The summed E-state index contributed by atoms with van der Waals surface area (Å²) in [5, 5.41) is 0. The van der Waals surface area contributed by atoms with Crippen LogP contribution in [0.1, 0.15) is 40.5 Å². The maximum absolute atomic E-state index is 2.55. The van der Waals surface area contributed by atoms with Crippen molar-refractivity contribution in [2.24, 2.45) is 59.2 Å². The Balaban J connectivity index is 1.73. The van der Waals surface area contributed by atoms with Gasteiger partial charge in [-0.05, 0) is 72.0 Å². The van der Waals surface area contributed by atoms with Gasteiger partial charge in [0.25, 0.3) is 0 Å². The van der Waals surface area contributed by atoms with Crippen LogP contribution in [0, 0.1) is 59.2 Å². The monoisotopic (exact) mass is 218 g/mol. The highest BCUT2D eigenvalue weighted by atomic mass is 14.7. The molecule has 0 aromatic carbocycles. The second kappa shape index (κ2) is 2.87. The highest BCUT2D eigenvalue weighted by molar-refractivity contribution is 5.14. The zero-order chi connectivity index (χ0) is 11.2. The Morgan fingerprint density at radius 3 is 1.00 bits per heavy atom. The summed E-state index contributed by atoms with van der Waals surface area (Å²) in [5.41, 5.74) is 0. The maximum Gasteiger partial charge on any atom is -0.0318 e. The molecule has 4 bridgehead atoms. The SMILES string of the molecule is CC1C(C)C2CC1C1C3CC(C(C)C3C)C21. The van der Waals surface area contributed by atoms with Crippen LogP contribution in [0.3, 0.4) is 0 Å². The first kappa shape index (κ1) is 9.97. The lowest BCUT2D eigenvalue weighted by atomic mass is 9.60. The zero-order valence-electron chi connectivity index (χ0n) is 11.2. The van der Waals surface area contributed by atoms with Gasteiger partial charge in [-0.15, -0.1) is 0 Å². The van der Waals surface area contributed by atoms with Gasteiger partial charge < -0.3 is 0 Å². The number of hydrogen-bond acceptors (Lipinski definition) is 0. The molecule has 0 nitrogen and oxygen atoms in total. The van der Waals surface area contributed by atoms with Crippen molar-refractivity contribution in [3.63, 3.8) is 0 Å². The summed E-state index contributed by atoms with van der Waals surface area (Å²) >= 11 is 0. The fourth-order valence-corrected chi connectivity index (χ4v) is 6.85. The van der Waals surface area contributed by atoms with Gasteiger partial charge in [0.2, 0.25) is 0 Å². The molecular weight excluding hydrogens is 192 g/mol. The van der Waals surface area contributed by atoms with Crippen molar-refractivity contribution in [2.45, 2.75) is 40.5 Å². The Morgan fingerprint density at radius 1 is 0.500 bits per heavy atom. The maximum atomic E-state index is 2.55. The smallest absolute Gasteiger partial charge is 0.0318 e. The highest BCUT2D eigenvalue weighted by Gasteiger charge is 2.66. The van der Waals surface area contributed by atoms with Crippen molar-refractivity contribution in [3.8, 4) is 0 Å². The van der Waals surface area contributed by atoms with Crippen LogP contribution in [0.2, 0.25) is 0 Å². The molecule has 4 aliphatic rings. The topological polar surface area (TPSA) is 0 Å². The first-order valence-electron chi connectivity index (χ1n) is 7.61. The van der Waals surface area contributed by atoms with Gasteiger partial charge in [0.15, 0.2) is 0 Å². The van der Waals surface area contributed by atoms with E-state index in [1.54, 1.807) is 12.8 Å². The molecule has 0 amide bonds. The molecule has 0 N–H and O–H groups in total.